The SMILES string of the molecule is CCCCC(C)C(NC(=O)NC(C(=O)N1CCC[C@H]1C(=O)NC(CC1CC1)C(=O)C(N)=O)C(C)(C)C)C(=O)C1CCCCC1. The molecular formula is C33H55N5O6. The van der Waals surface area contributed by atoms with Crippen LogP contribution in [0, 0.1) is 23.2 Å². The van der Waals surface area contributed by atoms with Gasteiger partial charge in [-0.2, -0.15) is 0 Å². The molecule has 0 aromatic rings. The molecule has 44 heavy (non-hydrogen) atoms. The Morgan fingerprint density at radius 1 is 0.886 bits per heavy atom. The molecule has 5 amide bonds. The summed E-state index contributed by atoms with van der Waals surface area (Å²) in [5.74, 6) is -2.61. The first-order valence-corrected chi connectivity index (χ1v) is 16.8. The summed E-state index contributed by atoms with van der Waals surface area (Å²) < 4.78 is 0. The molecule has 11 heteroatoms. The average molecular weight is 618 g/mol. The number of nitrogens with one attached hydrogen (secondary N) is 3. The minimum atomic E-state index is -1.09. The number of Topliss-reactive ketones (excluding diaryl/α,β-unsaturated/α-hetero) is 2. The molecule has 2 aliphatic carbocycles. The Kier molecular flexibility index (Phi) is 12.8. The van der Waals surface area contributed by atoms with E-state index in [1.165, 1.54) is 4.90 Å². The van der Waals surface area contributed by atoms with Crippen LogP contribution in [0.25, 0.3) is 0 Å². The van der Waals surface area contributed by atoms with E-state index < -0.39 is 59.1 Å². The smallest absolute Gasteiger partial charge is 0.316 e. The number of nitrogens with two attached hydrogens (primary N) is 1. The summed E-state index contributed by atoms with van der Waals surface area (Å²) in [6, 6.07) is -4.04. The number of likely N-dealkylation sites (tertiary alicyclic amines) is 1. The van der Waals surface area contributed by atoms with Crippen LogP contribution in [-0.4, -0.2) is 70.9 Å². The van der Waals surface area contributed by atoms with Gasteiger partial charge in [0.05, 0.1) is 12.1 Å². The van der Waals surface area contributed by atoms with Crippen molar-refractivity contribution in [3.63, 3.8) is 0 Å². The second-order valence-corrected chi connectivity index (χ2v) is 14.4. The lowest BCUT2D eigenvalue weighted by Crippen LogP contribution is -2.61. The van der Waals surface area contributed by atoms with E-state index in [-0.39, 0.29) is 23.5 Å². The number of nitrogens with zero attached hydrogens (tertiary/aromatic N) is 1. The Labute approximate surface area is 262 Å². The molecule has 2 saturated carbocycles. The summed E-state index contributed by atoms with van der Waals surface area (Å²) in [7, 11) is 0. The number of amides is 5. The maximum absolute atomic E-state index is 14.0. The van der Waals surface area contributed by atoms with E-state index in [0.29, 0.717) is 25.8 Å². The van der Waals surface area contributed by atoms with Crippen molar-refractivity contribution >= 4 is 35.3 Å². The van der Waals surface area contributed by atoms with E-state index in [4.69, 9.17) is 5.73 Å². The summed E-state index contributed by atoms with van der Waals surface area (Å²) in [6.07, 6.45) is 10.8. The van der Waals surface area contributed by atoms with Gasteiger partial charge in [0, 0.05) is 12.5 Å². The fourth-order valence-corrected chi connectivity index (χ4v) is 6.62. The molecular weight excluding hydrogens is 562 g/mol. The number of carbonyl (C=O) groups is 6. The molecule has 5 atom stereocenters. The molecule has 0 bridgehead atoms. The fourth-order valence-electron chi connectivity index (χ4n) is 6.62. The zero-order valence-electron chi connectivity index (χ0n) is 27.4. The molecule has 1 saturated heterocycles. The van der Waals surface area contributed by atoms with Gasteiger partial charge in [0.2, 0.25) is 17.6 Å². The molecule has 1 heterocycles. The quantitative estimate of drug-likeness (QED) is 0.206. The minimum absolute atomic E-state index is 0.0442. The molecule has 3 aliphatic rings. The van der Waals surface area contributed by atoms with Crippen LogP contribution in [0.3, 0.4) is 0 Å². The number of unbranched alkanes of at least 4 members (excludes halogenated alkanes) is 1. The molecule has 248 valence electrons. The van der Waals surface area contributed by atoms with E-state index in [1.807, 2.05) is 27.7 Å². The maximum atomic E-state index is 14.0. The standard InChI is InChI=1S/C33H55N5O6/c1-6-7-12-20(2)25(26(39)22-13-9-8-10-14-22)36-32(44)37-28(33(3,4)5)31(43)38-18-11-15-24(38)30(42)35-23(19-21-16-17-21)27(40)29(34)41/h20-25,28H,6-19H2,1-5H3,(H2,34,41)(H,35,42)(H2,36,37,44)/t20?,23?,24-,25?,28?/m0/s1. The largest absolute Gasteiger partial charge is 0.363 e. The van der Waals surface area contributed by atoms with Gasteiger partial charge in [-0.25, -0.2) is 4.79 Å². The predicted molar refractivity (Wildman–Crippen MR) is 167 cm³/mol. The van der Waals surface area contributed by atoms with Gasteiger partial charge in [-0.15, -0.1) is 0 Å². The fraction of sp³-hybridized carbons (Fsp3) is 0.818. The van der Waals surface area contributed by atoms with Crippen LogP contribution in [0.15, 0.2) is 0 Å². The number of hydrogen-bond acceptors (Lipinski definition) is 6. The zero-order valence-corrected chi connectivity index (χ0v) is 27.4. The molecule has 0 aromatic heterocycles. The first-order chi connectivity index (χ1) is 20.7. The van der Waals surface area contributed by atoms with Crippen LogP contribution in [-0.2, 0) is 24.0 Å². The normalized spacial score (nSPS) is 21.9. The summed E-state index contributed by atoms with van der Waals surface area (Å²) >= 11 is 0. The second kappa shape index (κ2) is 15.8. The van der Waals surface area contributed by atoms with E-state index in [2.05, 4.69) is 22.9 Å². The van der Waals surface area contributed by atoms with Crippen LogP contribution in [0.5, 0.6) is 0 Å². The van der Waals surface area contributed by atoms with E-state index >= 15 is 0 Å². The number of ketones is 2. The Morgan fingerprint density at radius 2 is 1.55 bits per heavy atom. The second-order valence-electron chi connectivity index (χ2n) is 14.4. The Morgan fingerprint density at radius 3 is 2.11 bits per heavy atom. The van der Waals surface area contributed by atoms with Gasteiger partial charge >= 0.3 is 6.03 Å². The first-order valence-electron chi connectivity index (χ1n) is 16.8. The van der Waals surface area contributed by atoms with Crippen molar-refractivity contribution in [2.75, 3.05) is 6.54 Å². The first kappa shape index (κ1) is 35.5. The summed E-state index contributed by atoms with van der Waals surface area (Å²) in [4.78, 5) is 80.0. The summed E-state index contributed by atoms with van der Waals surface area (Å²) in [5.41, 5.74) is 4.53. The van der Waals surface area contributed by atoms with Gasteiger partial charge in [-0.3, -0.25) is 24.0 Å². The van der Waals surface area contributed by atoms with Crippen molar-refractivity contribution in [2.24, 2.45) is 28.9 Å². The molecule has 1 aliphatic heterocycles. The van der Waals surface area contributed by atoms with Crippen LogP contribution in [0.4, 0.5) is 4.79 Å². The number of hydrogen-bond donors (Lipinski definition) is 4. The van der Waals surface area contributed by atoms with Crippen molar-refractivity contribution in [1.82, 2.24) is 20.9 Å². The monoisotopic (exact) mass is 617 g/mol. The molecule has 0 spiro atoms. The molecule has 3 rings (SSSR count). The molecule has 4 unspecified atom stereocenters. The number of primary amides is 1. The third-order valence-electron chi connectivity index (χ3n) is 9.55. The number of urea groups is 1. The Bertz CT molecular complexity index is 1060. The number of rotatable bonds is 15. The van der Waals surface area contributed by atoms with Crippen molar-refractivity contribution in [2.45, 2.75) is 142 Å². The van der Waals surface area contributed by atoms with E-state index in [0.717, 1.165) is 64.2 Å². The van der Waals surface area contributed by atoms with Crippen molar-refractivity contribution in [1.29, 1.82) is 0 Å². The van der Waals surface area contributed by atoms with Gasteiger partial charge < -0.3 is 26.6 Å². The van der Waals surface area contributed by atoms with Crippen LogP contribution < -0.4 is 21.7 Å². The Hall–Kier alpha value is -2.98. The maximum Gasteiger partial charge on any atom is 0.316 e. The zero-order chi connectivity index (χ0) is 32.6. The van der Waals surface area contributed by atoms with E-state index in [1.54, 1.807) is 0 Å². The highest BCUT2D eigenvalue weighted by Gasteiger charge is 2.44. The van der Waals surface area contributed by atoms with Crippen LogP contribution in [0.2, 0.25) is 0 Å². The molecule has 11 nitrogen and oxygen atoms in total. The Balaban J connectivity index is 1.73. The number of carbonyl (C=O) groups excluding carboxylic acids is 6. The molecule has 0 aromatic carbocycles. The lowest BCUT2D eigenvalue weighted by Gasteiger charge is -2.36. The topological polar surface area (TPSA) is 168 Å². The molecule has 0 radical (unpaired) electrons. The highest BCUT2D eigenvalue weighted by Crippen LogP contribution is 2.34. The summed E-state index contributed by atoms with van der Waals surface area (Å²) in [5, 5.41) is 8.50. The average Bonchev–Trinajstić information content (AvgIpc) is 3.66. The van der Waals surface area contributed by atoms with Gasteiger partial charge in [0.15, 0.2) is 5.78 Å². The van der Waals surface area contributed by atoms with Crippen molar-refractivity contribution in [3.8, 4) is 0 Å². The lowest BCUT2D eigenvalue weighted by molar-refractivity contribution is -0.143. The third-order valence-corrected chi connectivity index (χ3v) is 9.55. The van der Waals surface area contributed by atoms with Gasteiger partial charge in [0.1, 0.15) is 12.1 Å². The van der Waals surface area contributed by atoms with Gasteiger partial charge in [-0.1, -0.05) is 79.6 Å². The van der Waals surface area contributed by atoms with Crippen LogP contribution >= 0.6 is 0 Å². The predicted octanol–water partition coefficient (Wildman–Crippen LogP) is 3.37. The highest BCUT2D eigenvalue weighted by atomic mass is 16.2. The highest BCUT2D eigenvalue weighted by molar-refractivity contribution is 6.37. The van der Waals surface area contributed by atoms with Gasteiger partial charge in [-0.05, 0) is 55.8 Å². The summed E-state index contributed by atoms with van der Waals surface area (Å²) in [6.45, 7) is 9.94. The minimum Gasteiger partial charge on any atom is -0.363 e. The van der Waals surface area contributed by atoms with Crippen molar-refractivity contribution in [3.05, 3.63) is 0 Å². The molecule has 5 N–H and O–H groups in total. The third kappa shape index (κ3) is 9.76. The van der Waals surface area contributed by atoms with Crippen molar-refractivity contribution < 1.29 is 28.8 Å². The van der Waals surface area contributed by atoms with E-state index in [9.17, 15) is 28.8 Å². The van der Waals surface area contributed by atoms with Gasteiger partial charge in [0.25, 0.3) is 5.91 Å². The lowest BCUT2D eigenvalue weighted by atomic mass is 9.80. The van der Waals surface area contributed by atoms with Crippen LogP contribution in [0.1, 0.15) is 118 Å². The molecule has 3 fully saturated rings.